The van der Waals surface area contributed by atoms with Gasteiger partial charge in [0, 0.05) is 17.4 Å². The highest BCUT2D eigenvalue weighted by molar-refractivity contribution is 6.30. The molecule has 0 aliphatic rings. The van der Waals surface area contributed by atoms with Gasteiger partial charge in [-0.1, -0.05) is 25.4 Å². The van der Waals surface area contributed by atoms with Crippen molar-refractivity contribution in [1.82, 2.24) is 14.8 Å². The van der Waals surface area contributed by atoms with Crippen LogP contribution in [0.1, 0.15) is 31.4 Å². The van der Waals surface area contributed by atoms with Crippen molar-refractivity contribution in [2.75, 3.05) is 6.54 Å². The van der Waals surface area contributed by atoms with Crippen molar-refractivity contribution in [3.63, 3.8) is 0 Å². The lowest BCUT2D eigenvalue weighted by molar-refractivity contribution is 0.713. The van der Waals surface area contributed by atoms with Gasteiger partial charge in [0.2, 0.25) is 0 Å². The molecule has 5 heteroatoms. The maximum Gasteiger partial charge on any atom is 0.152 e. The molecule has 0 aliphatic heterocycles. The molecule has 18 heavy (non-hydrogen) atoms. The molecule has 0 radical (unpaired) electrons. The highest BCUT2D eigenvalue weighted by atomic mass is 35.5. The minimum Gasteiger partial charge on any atom is -0.330 e. The first-order valence-electron chi connectivity index (χ1n) is 6.03. The highest BCUT2D eigenvalue weighted by Gasteiger charge is 2.14. The van der Waals surface area contributed by atoms with Crippen LogP contribution in [-0.2, 0) is 6.42 Å². The molecule has 2 aromatic rings. The molecule has 0 atom stereocenters. The molecule has 0 fully saturated rings. The van der Waals surface area contributed by atoms with E-state index in [2.05, 4.69) is 23.9 Å². The van der Waals surface area contributed by atoms with Crippen molar-refractivity contribution in [2.45, 2.75) is 26.2 Å². The summed E-state index contributed by atoms with van der Waals surface area (Å²) in [6, 6.07) is 7.58. The van der Waals surface area contributed by atoms with E-state index in [1.54, 1.807) is 0 Å². The van der Waals surface area contributed by atoms with E-state index < -0.39 is 0 Å². The zero-order chi connectivity index (χ0) is 13.1. The molecule has 2 rings (SSSR count). The second kappa shape index (κ2) is 5.50. The lowest BCUT2D eigenvalue weighted by atomic mass is 10.2. The Labute approximate surface area is 112 Å². The molecule has 0 aliphatic carbocycles. The van der Waals surface area contributed by atoms with E-state index in [0.29, 0.717) is 23.9 Å². The normalized spacial score (nSPS) is 11.2. The number of nitrogens with two attached hydrogens (primary N) is 1. The van der Waals surface area contributed by atoms with Gasteiger partial charge >= 0.3 is 0 Å². The van der Waals surface area contributed by atoms with Crippen molar-refractivity contribution < 1.29 is 0 Å². The van der Waals surface area contributed by atoms with Gasteiger partial charge in [0.25, 0.3) is 0 Å². The third-order valence-corrected chi connectivity index (χ3v) is 2.88. The van der Waals surface area contributed by atoms with Crippen LogP contribution < -0.4 is 5.73 Å². The Balaban J connectivity index is 2.44. The Morgan fingerprint density at radius 2 is 1.94 bits per heavy atom. The van der Waals surface area contributed by atoms with Crippen molar-refractivity contribution in [3.8, 4) is 5.69 Å². The molecule has 0 saturated carbocycles. The lowest BCUT2D eigenvalue weighted by Crippen LogP contribution is -2.05. The molecule has 0 amide bonds. The van der Waals surface area contributed by atoms with Gasteiger partial charge in [-0.05, 0) is 30.8 Å². The fraction of sp³-hybridized carbons (Fsp3) is 0.385. The number of benzene rings is 1. The van der Waals surface area contributed by atoms with Crippen molar-refractivity contribution in [2.24, 2.45) is 5.73 Å². The van der Waals surface area contributed by atoms with Crippen molar-refractivity contribution >= 4 is 11.6 Å². The quantitative estimate of drug-likeness (QED) is 0.923. The number of hydrogen-bond acceptors (Lipinski definition) is 3. The van der Waals surface area contributed by atoms with Gasteiger partial charge in [0.05, 0.1) is 5.69 Å². The fourth-order valence-corrected chi connectivity index (χ4v) is 1.88. The Hall–Kier alpha value is -1.39. The number of hydrogen-bond donors (Lipinski definition) is 1. The second-order valence-corrected chi connectivity index (χ2v) is 4.90. The summed E-state index contributed by atoms with van der Waals surface area (Å²) in [6.45, 7) is 4.76. The van der Waals surface area contributed by atoms with Crippen LogP contribution in [0.4, 0.5) is 0 Å². The van der Waals surface area contributed by atoms with Crippen LogP contribution in [0.25, 0.3) is 5.69 Å². The predicted molar refractivity (Wildman–Crippen MR) is 73.2 cm³/mol. The first-order chi connectivity index (χ1) is 8.61. The van der Waals surface area contributed by atoms with E-state index in [0.717, 1.165) is 17.3 Å². The van der Waals surface area contributed by atoms with Gasteiger partial charge in [-0.15, -0.1) is 0 Å². The number of nitrogens with zero attached hydrogens (tertiary/aromatic N) is 3. The molecule has 0 spiro atoms. The molecule has 0 saturated heterocycles. The highest BCUT2D eigenvalue weighted by Crippen LogP contribution is 2.19. The van der Waals surface area contributed by atoms with Crippen LogP contribution in [0.2, 0.25) is 5.02 Å². The number of rotatable bonds is 4. The molecule has 0 bridgehead atoms. The third-order valence-electron chi connectivity index (χ3n) is 2.63. The number of aromatic nitrogens is 3. The summed E-state index contributed by atoms with van der Waals surface area (Å²) in [5.74, 6) is 2.04. The van der Waals surface area contributed by atoms with E-state index in [1.807, 2.05) is 28.9 Å². The van der Waals surface area contributed by atoms with Crippen LogP contribution in [0.5, 0.6) is 0 Å². The first-order valence-corrected chi connectivity index (χ1v) is 6.41. The van der Waals surface area contributed by atoms with Gasteiger partial charge in [0.15, 0.2) is 5.82 Å². The van der Waals surface area contributed by atoms with E-state index in [9.17, 15) is 0 Å². The summed E-state index contributed by atoms with van der Waals surface area (Å²) in [6.07, 6.45) is 0.695. The standard InChI is InChI=1S/C13H17ClN4/c1-9(2)13-16-12(7-8-15)17-18(13)11-5-3-10(14)4-6-11/h3-6,9H,7-8,15H2,1-2H3. The topological polar surface area (TPSA) is 56.7 Å². The number of halogens is 1. The second-order valence-electron chi connectivity index (χ2n) is 4.47. The average Bonchev–Trinajstić information content (AvgIpc) is 2.75. The molecule has 1 aromatic carbocycles. The first kappa shape index (κ1) is 13.1. The molecular formula is C13H17ClN4. The maximum atomic E-state index is 5.89. The fourth-order valence-electron chi connectivity index (χ4n) is 1.75. The van der Waals surface area contributed by atoms with Crippen molar-refractivity contribution in [1.29, 1.82) is 0 Å². The van der Waals surface area contributed by atoms with E-state index in [1.165, 1.54) is 0 Å². The summed E-state index contributed by atoms with van der Waals surface area (Å²) in [7, 11) is 0. The van der Waals surface area contributed by atoms with Gasteiger partial charge in [-0.3, -0.25) is 0 Å². The van der Waals surface area contributed by atoms with E-state index in [-0.39, 0.29) is 0 Å². The molecule has 4 nitrogen and oxygen atoms in total. The van der Waals surface area contributed by atoms with Gasteiger partial charge in [-0.25, -0.2) is 9.67 Å². The lowest BCUT2D eigenvalue weighted by Gasteiger charge is -2.07. The Bertz CT molecular complexity index is 516. The third kappa shape index (κ3) is 2.71. The zero-order valence-electron chi connectivity index (χ0n) is 10.6. The van der Waals surface area contributed by atoms with Crippen LogP contribution >= 0.6 is 11.6 Å². The predicted octanol–water partition coefficient (Wildman–Crippen LogP) is 2.55. The SMILES string of the molecule is CC(C)c1nc(CCN)nn1-c1ccc(Cl)cc1. The Morgan fingerprint density at radius 1 is 1.28 bits per heavy atom. The zero-order valence-corrected chi connectivity index (χ0v) is 11.4. The maximum absolute atomic E-state index is 5.89. The smallest absolute Gasteiger partial charge is 0.152 e. The van der Waals surface area contributed by atoms with Gasteiger partial charge in [0.1, 0.15) is 5.82 Å². The average molecular weight is 265 g/mol. The van der Waals surface area contributed by atoms with Crippen LogP contribution in [0.3, 0.4) is 0 Å². The van der Waals surface area contributed by atoms with Crippen molar-refractivity contribution in [3.05, 3.63) is 40.9 Å². The summed E-state index contributed by atoms with van der Waals surface area (Å²) in [5.41, 5.74) is 6.52. The summed E-state index contributed by atoms with van der Waals surface area (Å²) >= 11 is 5.89. The molecule has 1 aromatic heterocycles. The minimum atomic E-state index is 0.305. The largest absolute Gasteiger partial charge is 0.330 e. The summed E-state index contributed by atoms with van der Waals surface area (Å²) in [5, 5.41) is 5.22. The minimum absolute atomic E-state index is 0.305. The molecule has 0 unspecified atom stereocenters. The molecular weight excluding hydrogens is 248 g/mol. The van der Waals surface area contributed by atoms with Crippen LogP contribution in [-0.4, -0.2) is 21.3 Å². The Kier molecular flexibility index (Phi) is 3.99. The summed E-state index contributed by atoms with van der Waals surface area (Å²) in [4.78, 5) is 4.54. The van der Waals surface area contributed by atoms with Crippen LogP contribution in [0, 0.1) is 0 Å². The summed E-state index contributed by atoms with van der Waals surface area (Å²) < 4.78 is 1.87. The van der Waals surface area contributed by atoms with Crippen LogP contribution in [0.15, 0.2) is 24.3 Å². The van der Waals surface area contributed by atoms with Gasteiger partial charge < -0.3 is 5.73 Å². The molecule has 2 N–H and O–H groups in total. The monoisotopic (exact) mass is 264 g/mol. The molecule has 96 valence electrons. The van der Waals surface area contributed by atoms with Gasteiger partial charge in [-0.2, -0.15) is 5.10 Å². The van der Waals surface area contributed by atoms with E-state index in [4.69, 9.17) is 17.3 Å². The van der Waals surface area contributed by atoms with E-state index >= 15 is 0 Å². The Morgan fingerprint density at radius 3 is 2.50 bits per heavy atom. The molecule has 1 heterocycles.